The van der Waals surface area contributed by atoms with Crippen LogP contribution in [0.1, 0.15) is 5.56 Å². The summed E-state index contributed by atoms with van der Waals surface area (Å²) >= 11 is 2.62. The Morgan fingerprint density at radius 3 is 2.30 bits per heavy atom. The minimum Gasteiger partial charge on any atom is -0.389 e. The van der Waals surface area contributed by atoms with Crippen LogP contribution in [0.4, 0.5) is 0 Å². The van der Waals surface area contributed by atoms with Crippen LogP contribution < -0.4 is 0 Å². The number of nitrogens with zero attached hydrogens (tertiary/aromatic N) is 1. The molecule has 0 aromatic heterocycles. The third-order valence-electron chi connectivity index (χ3n) is 3.04. The van der Waals surface area contributed by atoms with Crippen LogP contribution >= 0.6 is 23.5 Å². The molecule has 0 amide bonds. The van der Waals surface area contributed by atoms with Gasteiger partial charge in [-0.2, -0.15) is 5.26 Å². The van der Waals surface area contributed by atoms with Crippen LogP contribution in [0, 0.1) is 11.3 Å². The Morgan fingerprint density at radius 1 is 1.05 bits per heavy atom. The van der Waals surface area contributed by atoms with Crippen molar-refractivity contribution < 1.29 is 20.4 Å². The summed E-state index contributed by atoms with van der Waals surface area (Å²) in [5.41, 5.74) is 0.550. The number of aliphatic hydroxyl groups is 4. The SMILES string of the molecule is N#Cc1ccc(S[C@H]2SC[C@@H](O)[C@@H](O)[C@H](O)[C@@H]2O)cc1. The molecule has 0 radical (unpaired) electrons. The first-order valence-corrected chi connectivity index (χ1v) is 7.96. The molecule has 0 unspecified atom stereocenters. The molecular weight excluding hydrogens is 298 g/mol. The quantitative estimate of drug-likeness (QED) is 0.617. The summed E-state index contributed by atoms with van der Waals surface area (Å²) in [5, 5.41) is 47.8. The summed E-state index contributed by atoms with van der Waals surface area (Å²) in [4.78, 5) is 0.846. The molecule has 2 rings (SSSR count). The fraction of sp³-hybridized carbons (Fsp3) is 0.462. The summed E-state index contributed by atoms with van der Waals surface area (Å²) in [5.74, 6) is 0.239. The lowest BCUT2D eigenvalue weighted by Gasteiger charge is -2.25. The molecule has 1 fully saturated rings. The lowest BCUT2D eigenvalue weighted by Crippen LogP contribution is -2.45. The number of hydrogen-bond acceptors (Lipinski definition) is 7. The Hall–Kier alpha value is -0.750. The first-order chi connectivity index (χ1) is 9.52. The van der Waals surface area contributed by atoms with E-state index in [1.165, 1.54) is 23.5 Å². The maximum Gasteiger partial charge on any atom is 0.110 e. The number of aliphatic hydroxyl groups excluding tert-OH is 4. The average molecular weight is 313 g/mol. The van der Waals surface area contributed by atoms with Gasteiger partial charge in [0.1, 0.15) is 18.3 Å². The van der Waals surface area contributed by atoms with Gasteiger partial charge in [0.25, 0.3) is 0 Å². The van der Waals surface area contributed by atoms with Crippen molar-refractivity contribution in [2.75, 3.05) is 5.75 Å². The Bertz CT molecular complexity index is 490. The Kier molecular flexibility index (Phi) is 5.32. The molecule has 0 aliphatic carbocycles. The summed E-state index contributed by atoms with van der Waals surface area (Å²) < 4.78 is -0.398. The van der Waals surface area contributed by atoms with Gasteiger partial charge in [-0.25, -0.2) is 0 Å². The minimum absolute atomic E-state index is 0.239. The molecule has 1 aliphatic rings. The highest BCUT2D eigenvalue weighted by Gasteiger charge is 2.39. The predicted octanol–water partition coefficient (Wildman–Crippen LogP) is 0.167. The van der Waals surface area contributed by atoms with Crippen LogP contribution in [-0.2, 0) is 0 Å². The van der Waals surface area contributed by atoms with Crippen molar-refractivity contribution in [1.82, 2.24) is 0 Å². The van der Waals surface area contributed by atoms with Crippen molar-refractivity contribution >= 4 is 23.5 Å². The van der Waals surface area contributed by atoms with E-state index in [1.807, 2.05) is 6.07 Å². The van der Waals surface area contributed by atoms with Crippen molar-refractivity contribution in [2.24, 2.45) is 0 Å². The fourth-order valence-electron chi connectivity index (χ4n) is 1.83. The molecule has 5 nitrogen and oxygen atoms in total. The van der Waals surface area contributed by atoms with Crippen LogP contribution in [0.2, 0.25) is 0 Å². The number of hydrogen-bond donors (Lipinski definition) is 4. The predicted molar refractivity (Wildman–Crippen MR) is 77.3 cm³/mol. The monoisotopic (exact) mass is 313 g/mol. The second kappa shape index (κ2) is 6.80. The van der Waals surface area contributed by atoms with Crippen molar-refractivity contribution in [3.8, 4) is 6.07 Å². The second-order valence-electron chi connectivity index (χ2n) is 4.49. The zero-order valence-corrected chi connectivity index (χ0v) is 12.1. The Balaban J connectivity index is 2.09. The van der Waals surface area contributed by atoms with Crippen LogP contribution in [0.25, 0.3) is 0 Å². The molecule has 1 aromatic rings. The van der Waals surface area contributed by atoms with Gasteiger partial charge in [-0.3, -0.25) is 0 Å². The molecule has 5 atom stereocenters. The minimum atomic E-state index is -1.38. The molecule has 1 aliphatic heterocycles. The molecule has 1 heterocycles. The first kappa shape index (κ1) is 15.6. The Morgan fingerprint density at radius 2 is 1.70 bits per heavy atom. The van der Waals surface area contributed by atoms with E-state index in [-0.39, 0.29) is 5.75 Å². The number of rotatable bonds is 2. The number of nitriles is 1. The van der Waals surface area contributed by atoms with Crippen LogP contribution in [-0.4, -0.2) is 55.2 Å². The van der Waals surface area contributed by atoms with E-state index in [0.29, 0.717) is 5.56 Å². The van der Waals surface area contributed by atoms with Crippen LogP contribution in [0.5, 0.6) is 0 Å². The normalized spacial score (nSPS) is 34.2. The van der Waals surface area contributed by atoms with Crippen molar-refractivity contribution in [2.45, 2.75) is 33.9 Å². The van der Waals surface area contributed by atoms with Gasteiger partial charge in [0, 0.05) is 10.6 Å². The molecule has 7 heteroatoms. The van der Waals surface area contributed by atoms with Gasteiger partial charge >= 0.3 is 0 Å². The third-order valence-corrected chi connectivity index (χ3v) is 5.93. The highest BCUT2D eigenvalue weighted by molar-refractivity contribution is 8.17. The average Bonchev–Trinajstić information content (AvgIpc) is 2.56. The third kappa shape index (κ3) is 3.47. The van der Waals surface area contributed by atoms with Gasteiger partial charge in [-0.05, 0) is 24.3 Å². The van der Waals surface area contributed by atoms with Gasteiger partial charge in [-0.15, -0.1) is 23.5 Å². The molecule has 1 aromatic carbocycles. The van der Waals surface area contributed by atoms with E-state index in [2.05, 4.69) is 0 Å². The van der Waals surface area contributed by atoms with Crippen molar-refractivity contribution in [3.05, 3.63) is 29.8 Å². The van der Waals surface area contributed by atoms with Gasteiger partial charge in [-0.1, -0.05) is 0 Å². The van der Waals surface area contributed by atoms with Crippen LogP contribution in [0.15, 0.2) is 29.2 Å². The molecule has 108 valence electrons. The van der Waals surface area contributed by atoms with E-state index >= 15 is 0 Å². The fourth-order valence-corrected chi connectivity index (χ4v) is 4.47. The van der Waals surface area contributed by atoms with E-state index in [1.54, 1.807) is 24.3 Å². The van der Waals surface area contributed by atoms with Crippen molar-refractivity contribution in [3.63, 3.8) is 0 Å². The summed E-state index contributed by atoms with van der Waals surface area (Å²) in [6.07, 6.45) is -4.93. The maximum atomic E-state index is 10.1. The first-order valence-electron chi connectivity index (χ1n) is 6.03. The molecule has 0 spiro atoms. The van der Waals surface area contributed by atoms with Crippen molar-refractivity contribution in [1.29, 1.82) is 5.26 Å². The molecule has 0 saturated carbocycles. The highest BCUT2D eigenvalue weighted by atomic mass is 32.2. The topological polar surface area (TPSA) is 105 Å². The lowest BCUT2D eigenvalue weighted by molar-refractivity contribution is -0.0910. The summed E-state index contributed by atoms with van der Waals surface area (Å²) in [7, 11) is 0. The summed E-state index contributed by atoms with van der Waals surface area (Å²) in [6.45, 7) is 0. The molecule has 20 heavy (non-hydrogen) atoms. The molecule has 1 saturated heterocycles. The smallest absolute Gasteiger partial charge is 0.110 e. The molecular formula is C13H15NO4S2. The number of benzene rings is 1. The standard InChI is InChI=1S/C13H15NO4S2/c14-5-7-1-3-8(4-2-7)20-13-12(18)11(17)10(16)9(15)6-19-13/h1-4,9-13,15-18H,6H2/t9-,10-,11+,12+,13-/m1/s1. The molecule has 4 N–H and O–H groups in total. The molecule has 0 bridgehead atoms. The number of thioether (sulfide) groups is 2. The lowest BCUT2D eigenvalue weighted by atomic mass is 10.1. The van der Waals surface area contributed by atoms with E-state index in [4.69, 9.17) is 5.26 Å². The van der Waals surface area contributed by atoms with E-state index in [9.17, 15) is 20.4 Å². The van der Waals surface area contributed by atoms with Crippen LogP contribution in [0.3, 0.4) is 0 Å². The maximum absolute atomic E-state index is 10.1. The second-order valence-corrected chi connectivity index (χ2v) is 7.18. The highest BCUT2D eigenvalue weighted by Crippen LogP contribution is 2.37. The van der Waals surface area contributed by atoms with Gasteiger partial charge in [0.15, 0.2) is 0 Å². The van der Waals surface area contributed by atoms with Gasteiger partial charge in [0.05, 0.1) is 22.3 Å². The summed E-state index contributed by atoms with van der Waals surface area (Å²) in [6, 6.07) is 8.91. The van der Waals surface area contributed by atoms with Gasteiger partial charge < -0.3 is 20.4 Å². The van der Waals surface area contributed by atoms with E-state index < -0.39 is 29.0 Å². The van der Waals surface area contributed by atoms with E-state index in [0.717, 1.165) is 4.90 Å². The zero-order chi connectivity index (χ0) is 14.7. The zero-order valence-electron chi connectivity index (χ0n) is 10.5. The Labute approximate surface area is 125 Å². The van der Waals surface area contributed by atoms with Gasteiger partial charge in [0.2, 0.25) is 0 Å². The largest absolute Gasteiger partial charge is 0.389 e.